The lowest BCUT2D eigenvalue weighted by molar-refractivity contribution is 0.00897. The highest BCUT2D eigenvalue weighted by atomic mass is 16.5. The Labute approximate surface area is 131 Å². The Kier molecular flexibility index (Phi) is 5.53. The lowest BCUT2D eigenvalue weighted by Gasteiger charge is -2.42. The van der Waals surface area contributed by atoms with Gasteiger partial charge in [-0.25, -0.2) is 0 Å². The van der Waals surface area contributed by atoms with Crippen molar-refractivity contribution in [3.05, 3.63) is 35.4 Å². The third kappa shape index (κ3) is 3.46. The van der Waals surface area contributed by atoms with Crippen LogP contribution in [0.4, 0.5) is 0 Å². The molecule has 5 heteroatoms. The average Bonchev–Trinajstić information content (AvgIpc) is 2.59. The van der Waals surface area contributed by atoms with Crippen LogP contribution in [0, 0.1) is 16.7 Å². The molecule has 1 fully saturated rings. The number of ether oxygens (including phenoxy) is 1. The molecule has 22 heavy (non-hydrogen) atoms. The molecule has 1 amide bonds. The number of rotatable bonds is 5. The molecular weight excluding hydrogens is 280 g/mol. The molecule has 0 aromatic heterocycles. The fraction of sp³-hybridized carbons (Fsp3) is 0.529. The molecule has 0 bridgehead atoms. The first-order chi connectivity index (χ1) is 10.7. The minimum Gasteiger partial charge on any atom is -0.396 e. The lowest BCUT2D eigenvalue weighted by atomic mass is 9.78. The summed E-state index contributed by atoms with van der Waals surface area (Å²) in [5.74, 6) is -0.132. The first kappa shape index (κ1) is 16.5. The zero-order valence-electron chi connectivity index (χ0n) is 12.9. The molecule has 0 saturated carbocycles. The Morgan fingerprint density at radius 2 is 2.27 bits per heavy atom. The largest absolute Gasteiger partial charge is 0.396 e. The Hall–Kier alpha value is -1.90. The van der Waals surface area contributed by atoms with Crippen LogP contribution in [0.1, 0.15) is 35.2 Å². The van der Waals surface area contributed by atoms with Crippen LogP contribution >= 0.6 is 0 Å². The van der Waals surface area contributed by atoms with E-state index in [1.165, 1.54) is 0 Å². The van der Waals surface area contributed by atoms with Crippen molar-refractivity contribution in [1.82, 2.24) is 4.90 Å². The molecule has 118 valence electrons. The molecule has 1 heterocycles. The Morgan fingerprint density at radius 3 is 2.95 bits per heavy atom. The van der Waals surface area contributed by atoms with Gasteiger partial charge in [0.15, 0.2) is 0 Å². The number of piperidine rings is 1. The van der Waals surface area contributed by atoms with Crippen molar-refractivity contribution in [2.75, 3.05) is 33.4 Å². The number of benzene rings is 1. The van der Waals surface area contributed by atoms with E-state index >= 15 is 0 Å². The van der Waals surface area contributed by atoms with Crippen LogP contribution in [0.3, 0.4) is 0 Å². The van der Waals surface area contributed by atoms with E-state index in [4.69, 9.17) is 10.00 Å². The molecule has 1 saturated heterocycles. The van der Waals surface area contributed by atoms with Crippen LogP contribution in [0.15, 0.2) is 24.3 Å². The second-order valence-corrected chi connectivity index (χ2v) is 5.89. The number of aliphatic hydroxyl groups excluding tert-OH is 1. The van der Waals surface area contributed by atoms with Gasteiger partial charge in [0.1, 0.15) is 0 Å². The molecule has 1 aromatic rings. The summed E-state index contributed by atoms with van der Waals surface area (Å²) in [6.07, 6.45) is 2.46. The molecular formula is C17H22N2O3. The highest BCUT2D eigenvalue weighted by molar-refractivity contribution is 5.96. The summed E-state index contributed by atoms with van der Waals surface area (Å²) in [6, 6.07) is 8.93. The maximum Gasteiger partial charge on any atom is 0.255 e. The van der Waals surface area contributed by atoms with Crippen molar-refractivity contribution in [1.29, 1.82) is 5.26 Å². The van der Waals surface area contributed by atoms with Crippen molar-refractivity contribution in [3.63, 3.8) is 0 Å². The predicted molar refractivity (Wildman–Crippen MR) is 82.3 cm³/mol. The number of hydrogen-bond donors (Lipinski definition) is 1. The van der Waals surface area contributed by atoms with Crippen molar-refractivity contribution in [2.24, 2.45) is 5.41 Å². The Bertz CT molecular complexity index is 567. The zero-order chi connectivity index (χ0) is 16.0. The molecule has 1 aliphatic heterocycles. The third-order valence-electron chi connectivity index (χ3n) is 4.40. The summed E-state index contributed by atoms with van der Waals surface area (Å²) >= 11 is 0. The van der Waals surface area contributed by atoms with Crippen LogP contribution in [0.2, 0.25) is 0 Å². The van der Waals surface area contributed by atoms with Gasteiger partial charge in [-0.3, -0.25) is 4.79 Å². The number of carbonyl (C=O) groups excluding carboxylic acids is 1. The van der Waals surface area contributed by atoms with Crippen LogP contribution in [-0.4, -0.2) is 49.3 Å². The number of nitrogens with zero attached hydrogens (tertiary/aromatic N) is 2. The predicted octanol–water partition coefficient (Wildman–Crippen LogP) is 1.81. The van der Waals surface area contributed by atoms with E-state index in [0.717, 1.165) is 19.3 Å². The molecule has 1 aliphatic rings. The van der Waals surface area contributed by atoms with E-state index in [-0.39, 0.29) is 17.9 Å². The number of hydrogen-bond acceptors (Lipinski definition) is 4. The zero-order valence-corrected chi connectivity index (χ0v) is 12.9. The number of methoxy groups -OCH3 is 1. The highest BCUT2D eigenvalue weighted by Gasteiger charge is 2.37. The molecule has 2 rings (SSSR count). The average molecular weight is 302 g/mol. The first-order valence-corrected chi connectivity index (χ1v) is 7.54. The first-order valence-electron chi connectivity index (χ1n) is 7.54. The molecule has 0 radical (unpaired) electrons. The number of aliphatic hydroxyl groups is 1. The molecule has 0 spiro atoms. The summed E-state index contributed by atoms with van der Waals surface area (Å²) in [5, 5.41) is 18.9. The maximum absolute atomic E-state index is 12.7. The number of nitriles is 1. The minimum absolute atomic E-state index is 0.0417. The molecule has 1 aromatic carbocycles. The van der Waals surface area contributed by atoms with Gasteiger partial charge >= 0.3 is 0 Å². The summed E-state index contributed by atoms with van der Waals surface area (Å²) in [4.78, 5) is 14.5. The number of amides is 1. The van der Waals surface area contributed by atoms with Gasteiger partial charge in [-0.2, -0.15) is 5.26 Å². The van der Waals surface area contributed by atoms with Crippen LogP contribution in [0.5, 0.6) is 0 Å². The standard InChI is InChI=1S/C17H22N2O3/c1-22-10-8-17(13-20)7-4-9-19(12-17)16(21)15-6-3-2-5-14(15)11-18/h2-3,5-6,20H,4,7-10,12-13H2,1H3. The molecule has 1 N–H and O–H groups in total. The van der Waals surface area contributed by atoms with E-state index in [0.29, 0.717) is 30.8 Å². The van der Waals surface area contributed by atoms with Gasteiger partial charge in [-0.1, -0.05) is 12.1 Å². The fourth-order valence-electron chi connectivity index (χ4n) is 3.05. The van der Waals surface area contributed by atoms with Crippen molar-refractivity contribution >= 4 is 5.91 Å². The number of carbonyl (C=O) groups is 1. The van der Waals surface area contributed by atoms with E-state index < -0.39 is 0 Å². The SMILES string of the molecule is COCCC1(CO)CCCN(C(=O)c2ccccc2C#N)C1. The van der Waals surface area contributed by atoms with Crippen molar-refractivity contribution in [2.45, 2.75) is 19.3 Å². The van der Waals surface area contributed by atoms with E-state index in [1.807, 2.05) is 0 Å². The van der Waals surface area contributed by atoms with Gasteiger partial charge in [-0.15, -0.1) is 0 Å². The normalized spacial score (nSPS) is 21.4. The minimum atomic E-state index is -0.300. The topological polar surface area (TPSA) is 73.6 Å². The van der Waals surface area contributed by atoms with Crippen molar-refractivity contribution in [3.8, 4) is 6.07 Å². The van der Waals surface area contributed by atoms with Gasteiger partial charge in [0.25, 0.3) is 5.91 Å². The molecule has 1 unspecified atom stereocenters. The Morgan fingerprint density at radius 1 is 1.50 bits per heavy atom. The fourth-order valence-corrected chi connectivity index (χ4v) is 3.05. The van der Waals surface area contributed by atoms with Crippen molar-refractivity contribution < 1.29 is 14.6 Å². The van der Waals surface area contributed by atoms with Crippen LogP contribution in [0.25, 0.3) is 0 Å². The van der Waals surface area contributed by atoms with E-state index in [2.05, 4.69) is 6.07 Å². The van der Waals surface area contributed by atoms with Gasteiger partial charge in [-0.05, 0) is 31.4 Å². The van der Waals surface area contributed by atoms with E-state index in [1.54, 1.807) is 36.3 Å². The van der Waals surface area contributed by atoms with Gasteiger partial charge < -0.3 is 14.7 Å². The molecule has 5 nitrogen and oxygen atoms in total. The third-order valence-corrected chi connectivity index (χ3v) is 4.40. The maximum atomic E-state index is 12.7. The number of likely N-dealkylation sites (tertiary alicyclic amines) is 1. The van der Waals surface area contributed by atoms with Gasteiger partial charge in [0, 0.05) is 32.2 Å². The van der Waals surface area contributed by atoms with Crippen LogP contribution < -0.4 is 0 Å². The summed E-state index contributed by atoms with van der Waals surface area (Å²) in [6.45, 7) is 1.77. The second kappa shape index (κ2) is 7.39. The summed E-state index contributed by atoms with van der Waals surface area (Å²) < 4.78 is 5.13. The quantitative estimate of drug-likeness (QED) is 0.900. The van der Waals surface area contributed by atoms with E-state index in [9.17, 15) is 9.90 Å². The van der Waals surface area contributed by atoms with Crippen LogP contribution in [-0.2, 0) is 4.74 Å². The highest BCUT2D eigenvalue weighted by Crippen LogP contribution is 2.33. The Balaban J connectivity index is 2.18. The van der Waals surface area contributed by atoms with Gasteiger partial charge in [0.05, 0.1) is 23.8 Å². The van der Waals surface area contributed by atoms with Gasteiger partial charge in [0.2, 0.25) is 0 Å². The monoisotopic (exact) mass is 302 g/mol. The lowest BCUT2D eigenvalue weighted by Crippen LogP contribution is -2.48. The smallest absolute Gasteiger partial charge is 0.255 e. The summed E-state index contributed by atoms with van der Waals surface area (Å²) in [7, 11) is 1.64. The summed E-state index contributed by atoms with van der Waals surface area (Å²) in [5.41, 5.74) is 0.529. The molecule has 1 atom stereocenters. The molecule has 0 aliphatic carbocycles. The second-order valence-electron chi connectivity index (χ2n) is 5.89.